The number of hydrogen-bond acceptors (Lipinski definition) is 7. The molecule has 1 fully saturated rings. The summed E-state index contributed by atoms with van der Waals surface area (Å²) in [5.41, 5.74) is 2.08. The van der Waals surface area contributed by atoms with Crippen molar-refractivity contribution in [1.82, 2.24) is 4.31 Å². The van der Waals surface area contributed by atoms with Gasteiger partial charge < -0.3 is 5.43 Å². The number of nitro groups is 1. The summed E-state index contributed by atoms with van der Waals surface area (Å²) in [6.45, 7) is 2.63. The average molecular weight is 332 g/mol. The zero-order chi connectivity index (χ0) is 15.6. The van der Waals surface area contributed by atoms with Crippen molar-refractivity contribution >= 4 is 33.2 Å². The second-order valence-electron chi connectivity index (χ2n) is 4.63. The Morgan fingerprint density at radius 3 is 2.81 bits per heavy atom. The zero-order valence-electron chi connectivity index (χ0n) is 11.4. The Morgan fingerprint density at radius 2 is 2.24 bits per heavy atom. The van der Waals surface area contributed by atoms with Gasteiger partial charge in [-0.25, -0.2) is 8.42 Å². The van der Waals surface area contributed by atoms with E-state index in [-0.39, 0.29) is 15.8 Å². The standard InChI is InChI=1S/C11H16N4O4S2/c1-8-7-14(4-5-20-8)21(18,19)11-3-2-9(13-12)6-10(11)15(16)17/h2-3,6,8,13H,4-5,7,12H2,1H3. The SMILES string of the molecule is CC1CN(S(=O)(=O)c2ccc(NN)cc2[N+](=O)[O-])CCS1. The fraction of sp³-hybridized carbons (Fsp3) is 0.455. The van der Waals surface area contributed by atoms with Crippen LogP contribution < -0.4 is 11.3 Å². The summed E-state index contributed by atoms with van der Waals surface area (Å²) in [7, 11) is -3.89. The van der Waals surface area contributed by atoms with Crippen molar-refractivity contribution in [2.45, 2.75) is 17.1 Å². The minimum atomic E-state index is -3.89. The van der Waals surface area contributed by atoms with E-state index in [4.69, 9.17) is 5.84 Å². The van der Waals surface area contributed by atoms with Crippen LogP contribution in [-0.4, -0.2) is 41.7 Å². The number of rotatable bonds is 4. The van der Waals surface area contributed by atoms with Crippen LogP contribution >= 0.6 is 11.8 Å². The molecule has 2 rings (SSSR count). The second kappa shape index (κ2) is 6.18. The van der Waals surface area contributed by atoms with Crippen LogP contribution in [0.25, 0.3) is 0 Å². The molecule has 1 aliphatic heterocycles. The minimum Gasteiger partial charge on any atom is -0.324 e. The summed E-state index contributed by atoms with van der Waals surface area (Å²) in [6.07, 6.45) is 0. The van der Waals surface area contributed by atoms with Gasteiger partial charge in [0.15, 0.2) is 4.90 Å². The van der Waals surface area contributed by atoms with E-state index in [9.17, 15) is 18.5 Å². The molecule has 0 saturated carbocycles. The Bertz CT molecular complexity index is 650. The van der Waals surface area contributed by atoms with Gasteiger partial charge in [-0.1, -0.05) is 6.92 Å². The molecule has 0 aliphatic carbocycles. The molecular weight excluding hydrogens is 316 g/mol. The highest BCUT2D eigenvalue weighted by atomic mass is 32.2. The lowest BCUT2D eigenvalue weighted by Gasteiger charge is -2.29. The van der Waals surface area contributed by atoms with E-state index < -0.39 is 20.6 Å². The van der Waals surface area contributed by atoms with Gasteiger partial charge in [-0.15, -0.1) is 0 Å². The first-order chi connectivity index (χ1) is 9.86. The lowest BCUT2D eigenvalue weighted by Crippen LogP contribution is -2.41. The van der Waals surface area contributed by atoms with Crippen LogP contribution in [0.15, 0.2) is 23.1 Å². The van der Waals surface area contributed by atoms with Crippen LogP contribution in [0, 0.1) is 10.1 Å². The predicted molar refractivity (Wildman–Crippen MR) is 81.6 cm³/mol. The monoisotopic (exact) mass is 332 g/mol. The maximum absolute atomic E-state index is 12.6. The van der Waals surface area contributed by atoms with Crippen LogP contribution in [0.1, 0.15) is 6.92 Å². The molecule has 1 aliphatic rings. The molecule has 0 radical (unpaired) electrons. The van der Waals surface area contributed by atoms with Gasteiger partial charge in [-0.2, -0.15) is 16.1 Å². The van der Waals surface area contributed by atoms with E-state index >= 15 is 0 Å². The summed E-state index contributed by atoms with van der Waals surface area (Å²) in [6, 6.07) is 3.74. The molecule has 1 atom stereocenters. The van der Waals surface area contributed by atoms with E-state index in [1.165, 1.54) is 16.4 Å². The fourth-order valence-electron chi connectivity index (χ4n) is 2.11. The van der Waals surface area contributed by atoms with Crippen molar-refractivity contribution in [2.75, 3.05) is 24.3 Å². The Labute approximate surface area is 126 Å². The molecule has 116 valence electrons. The van der Waals surface area contributed by atoms with E-state index in [1.807, 2.05) is 6.92 Å². The number of hydrogen-bond donors (Lipinski definition) is 2. The highest BCUT2D eigenvalue weighted by Gasteiger charge is 2.34. The number of nitro benzene ring substituents is 1. The first kappa shape index (κ1) is 16.0. The summed E-state index contributed by atoms with van der Waals surface area (Å²) in [5.74, 6) is 5.88. The Morgan fingerprint density at radius 1 is 1.52 bits per heavy atom. The van der Waals surface area contributed by atoms with Crippen molar-refractivity contribution in [3.05, 3.63) is 28.3 Å². The van der Waals surface area contributed by atoms with Gasteiger partial charge in [0.25, 0.3) is 5.69 Å². The fourth-order valence-corrected chi connectivity index (χ4v) is 5.00. The normalized spacial score (nSPS) is 20.2. The Balaban J connectivity index is 2.46. The number of benzene rings is 1. The summed E-state index contributed by atoms with van der Waals surface area (Å²) >= 11 is 1.68. The molecule has 1 heterocycles. The minimum absolute atomic E-state index is 0.164. The van der Waals surface area contributed by atoms with Gasteiger partial charge >= 0.3 is 0 Å². The zero-order valence-corrected chi connectivity index (χ0v) is 13.0. The molecule has 0 aromatic heterocycles. The van der Waals surface area contributed by atoms with Gasteiger partial charge in [0.1, 0.15) is 0 Å². The van der Waals surface area contributed by atoms with Crippen molar-refractivity contribution in [3.63, 3.8) is 0 Å². The number of sulfonamides is 1. The highest BCUT2D eigenvalue weighted by Crippen LogP contribution is 2.31. The number of hydrazine groups is 1. The molecule has 1 aromatic carbocycles. The van der Waals surface area contributed by atoms with E-state index in [2.05, 4.69) is 5.43 Å². The molecule has 3 N–H and O–H groups in total. The number of nitrogens with two attached hydrogens (primary N) is 1. The first-order valence-electron chi connectivity index (χ1n) is 6.23. The third-order valence-corrected chi connectivity index (χ3v) is 6.19. The highest BCUT2D eigenvalue weighted by molar-refractivity contribution is 8.00. The van der Waals surface area contributed by atoms with Crippen LogP contribution in [0.3, 0.4) is 0 Å². The van der Waals surface area contributed by atoms with Crippen LogP contribution in [-0.2, 0) is 10.0 Å². The molecule has 0 bridgehead atoms. The number of nitrogens with one attached hydrogen (secondary N) is 1. The molecule has 0 amide bonds. The maximum atomic E-state index is 12.6. The smallest absolute Gasteiger partial charge is 0.291 e. The third-order valence-electron chi connectivity index (χ3n) is 3.14. The number of nitrogen functional groups attached to an aromatic ring is 1. The lowest BCUT2D eigenvalue weighted by atomic mass is 10.3. The van der Waals surface area contributed by atoms with Crippen LogP contribution in [0.5, 0.6) is 0 Å². The Kier molecular flexibility index (Phi) is 4.71. The lowest BCUT2D eigenvalue weighted by molar-refractivity contribution is -0.387. The van der Waals surface area contributed by atoms with E-state index in [0.717, 1.165) is 6.07 Å². The number of thioether (sulfide) groups is 1. The summed E-state index contributed by atoms with van der Waals surface area (Å²) in [5, 5.41) is 11.3. The summed E-state index contributed by atoms with van der Waals surface area (Å²) < 4.78 is 26.5. The quantitative estimate of drug-likeness (QED) is 0.480. The molecule has 10 heteroatoms. The molecule has 1 aromatic rings. The number of nitrogens with zero attached hydrogens (tertiary/aromatic N) is 2. The second-order valence-corrected chi connectivity index (χ2v) is 8.08. The van der Waals surface area contributed by atoms with Crippen LogP contribution in [0.4, 0.5) is 11.4 Å². The average Bonchev–Trinajstić information content (AvgIpc) is 2.46. The van der Waals surface area contributed by atoms with Crippen molar-refractivity contribution in [1.29, 1.82) is 0 Å². The number of anilines is 1. The molecule has 8 nitrogen and oxygen atoms in total. The van der Waals surface area contributed by atoms with Crippen LogP contribution in [0.2, 0.25) is 0 Å². The molecular formula is C11H16N4O4S2. The Hall–Kier alpha value is -1.36. The third kappa shape index (κ3) is 3.28. The molecule has 1 saturated heterocycles. The van der Waals surface area contributed by atoms with Gasteiger partial charge in [0.05, 0.1) is 10.6 Å². The van der Waals surface area contributed by atoms with Crippen molar-refractivity contribution < 1.29 is 13.3 Å². The predicted octanol–water partition coefficient (Wildman–Crippen LogP) is 1.01. The van der Waals surface area contributed by atoms with Gasteiger partial charge in [-0.3, -0.25) is 16.0 Å². The van der Waals surface area contributed by atoms with Crippen molar-refractivity contribution in [3.8, 4) is 0 Å². The van der Waals surface area contributed by atoms with Crippen molar-refractivity contribution in [2.24, 2.45) is 5.84 Å². The van der Waals surface area contributed by atoms with Gasteiger partial charge in [0.2, 0.25) is 10.0 Å². The van der Waals surface area contributed by atoms with Gasteiger partial charge in [0, 0.05) is 30.2 Å². The molecule has 0 spiro atoms. The largest absolute Gasteiger partial charge is 0.324 e. The maximum Gasteiger partial charge on any atom is 0.291 e. The topological polar surface area (TPSA) is 119 Å². The first-order valence-corrected chi connectivity index (χ1v) is 8.72. The molecule has 21 heavy (non-hydrogen) atoms. The van der Waals surface area contributed by atoms with E-state index in [0.29, 0.717) is 18.8 Å². The van der Waals surface area contributed by atoms with Gasteiger partial charge in [-0.05, 0) is 12.1 Å². The van der Waals surface area contributed by atoms with E-state index in [1.54, 1.807) is 11.8 Å². The summed E-state index contributed by atoms with van der Waals surface area (Å²) in [4.78, 5) is 10.1. The molecule has 1 unspecified atom stereocenters.